The van der Waals surface area contributed by atoms with E-state index in [1.165, 1.54) is 0 Å². The van der Waals surface area contributed by atoms with Gasteiger partial charge in [-0.3, -0.25) is 10.1 Å². The van der Waals surface area contributed by atoms with Gasteiger partial charge >= 0.3 is 0 Å². The molecule has 3 nitrogen and oxygen atoms in total. The summed E-state index contributed by atoms with van der Waals surface area (Å²) in [5.74, 6) is 1.57. The summed E-state index contributed by atoms with van der Waals surface area (Å²) in [7, 11) is 0. The van der Waals surface area contributed by atoms with Gasteiger partial charge in [-0.1, -0.05) is 26.0 Å². The van der Waals surface area contributed by atoms with Gasteiger partial charge in [-0.15, -0.1) is 0 Å². The molecule has 0 N–H and O–H groups in total. The molecule has 0 bridgehead atoms. The van der Waals surface area contributed by atoms with E-state index in [2.05, 4.69) is 0 Å². The molecule has 1 aliphatic carbocycles. The quantitative estimate of drug-likeness (QED) is 0.559. The number of nitro benzene ring substituents is 1. The maximum absolute atomic E-state index is 10.9. The lowest BCUT2D eigenvalue weighted by molar-refractivity contribution is -0.385. The molecule has 15 heavy (non-hydrogen) atoms. The molecule has 1 aliphatic rings. The summed E-state index contributed by atoms with van der Waals surface area (Å²) in [6.45, 7) is 4.01. The molecular formula is C12H14NO2. The van der Waals surface area contributed by atoms with Crippen LogP contribution in [0.2, 0.25) is 0 Å². The summed E-state index contributed by atoms with van der Waals surface area (Å²) in [5, 5.41) is 10.9. The number of hydrogen-bond acceptors (Lipinski definition) is 2. The highest BCUT2D eigenvalue weighted by atomic mass is 16.6. The summed E-state index contributed by atoms with van der Waals surface area (Å²) in [5.41, 5.74) is 2.30. The maximum atomic E-state index is 10.9. The Balaban J connectivity index is 2.55. The molecule has 2 rings (SSSR count). The van der Waals surface area contributed by atoms with Gasteiger partial charge in [0.2, 0.25) is 0 Å². The predicted molar refractivity (Wildman–Crippen MR) is 58.8 cm³/mol. The summed E-state index contributed by atoms with van der Waals surface area (Å²) >= 11 is 0. The SMILES string of the molecule is C[C](C)c1cccc([N+](=O)[O-])c1C1CC1. The van der Waals surface area contributed by atoms with Gasteiger partial charge in [0, 0.05) is 11.6 Å². The Hall–Kier alpha value is -1.38. The number of rotatable bonds is 3. The van der Waals surface area contributed by atoms with E-state index in [4.69, 9.17) is 0 Å². The zero-order chi connectivity index (χ0) is 11.0. The molecule has 0 saturated heterocycles. The van der Waals surface area contributed by atoms with Crippen LogP contribution in [0.15, 0.2) is 18.2 Å². The molecule has 0 amide bonds. The summed E-state index contributed by atoms with van der Waals surface area (Å²) in [6, 6.07) is 5.36. The molecule has 0 spiro atoms. The van der Waals surface area contributed by atoms with Crippen LogP contribution in [0.4, 0.5) is 5.69 Å². The van der Waals surface area contributed by atoms with Gasteiger partial charge in [0.15, 0.2) is 0 Å². The highest BCUT2D eigenvalue weighted by Gasteiger charge is 2.33. The molecular weight excluding hydrogens is 190 g/mol. The molecule has 3 heteroatoms. The van der Waals surface area contributed by atoms with Gasteiger partial charge in [0.05, 0.1) is 4.92 Å². The number of benzene rings is 1. The Labute approximate surface area is 89.3 Å². The number of nitro groups is 1. The van der Waals surface area contributed by atoms with Crippen molar-refractivity contribution in [2.75, 3.05) is 0 Å². The smallest absolute Gasteiger partial charge is 0.258 e. The minimum atomic E-state index is -0.264. The van der Waals surface area contributed by atoms with Crippen LogP contribution < -0.4 is 0 Å². The third-order valence-corrected chi connectivity index (χ3v) is 2.80. The van der Waals surface area contributed by atoms with E-state index in [0.29, 0.717) is 5.92 Å². The number of hydrogen-bond donors (Lipinski definition) is 0. The summed E-state index contributed by atoms with van der Waals surface area (Å²) < 4.78 is 0. The van der Waals surface area contributed by atoms with Gasteiger partial charge in [0.25, 0.3) is 5.69 Å². The zero-order valence-electron chi connectivity index (χ0n) is 8.99. The van der Waals surface area contributed by atoms with Gasteiger partial charge in [0.1, 0.15) is 0 Å². The fourth-order valence-corrected chi connectivity index (χ4v) is 1.95. The Bertz CT molecular complexity index is 395. The second kappa shape index (κ2) is 3.65. The topological polar surface area (TPSA) is 43.1 Å². The third kappa shape index (κ3) is 1.87. The Morgan fingerprint density at radius 1 is 1.40 bits per heavy atom. The Kier molecular flexibility index (Phi) is 2.47. The second-order valence-electron chi connectivity index (χ2n) is 4.27. The lowest BCUT2D eigenvalue weighted by atomic mass is 9.93. The summed E-state index contributed by atoms with van der Waals surface area (Å²) in [6.07, 6.45) is 2.18. The predicted octanol–water partition coefficient (Wildman–Crippen LogP) is 3.43. The van der Waals surface area contributed by atoms with E-state index in [0.717, 1.165) is 29.9 Å². The highest BCUT2D eigenvalue weighted by Crippen LogP contribution is 2.47. The standard InChI is InChI=1S/C12H14NO2/c1-8(2)10-4-3-5-11(13(14)15)12(10)9-6-7-9/h3-5,9H,6-7H2,1-2H3. The first-order valence-electron chi connectivity index (χ1n) is 5.19. The first-order chi connectivity index (χ1) is 7.11. The number of nitrogens with zero attached hydrogens (tertiary/aromatic N) is 1. The molecule has 1 radical (unpaired) electrons. The van der Waals surface area contributed by atoms with Crippen molar-refractivity contribution in [2.45, 2.75) is 32.6 Å². The van der Waals surface area contributed by atoms with Crippen LogP contribution >= 0.6 is 0 Å². The minimum Gasteiger partial charge on any atom is -0.258 e. The van der Waals surface area contributed by atoms with Gasteiger partial charge in [-0.05, 0) is 30.2 Å². The maximum Gasteiger partial charge on any atom is 0.273 e. The molecule has 1 fully saturated rings. The Morgan fingerprint density at radius 3 is 2.53 bits per heavy atom. The van der Waals surface area contributed by atoms with E-state index in [1.54, 1.807) is 12.1 Å². The van der Waals surface area contributed by atoms with Crippen LogP contribution in [0.1, 0.15) is 43.7 Å². The second-order valence-corrected chi connectivity index (χ2v) is 4.27. The fraction of sp³-hybridized carbons (Fsp3) is 0.417. The van der Waals surface area contributed by atoms with Gasteiger partial charge in [-0.25, -0.2) is 0 Å². The molecule has 1 aromatic rings. The highest BCUT2D eigenvalue weighted by molar-refractivity contribution is 5.53. The molecule has 1 aromatic carbocycles. The van der Waals surface area contributed by atoms with E-state index < -0.39 is 0 Å². The lowest BCUT2D eigenvalue weighted by Gasteiger charge is -2.11. The Morgan fingerprint density at radius 2 is 2.07 bits per heavy atom. The lowest BCUT2D eigenvalue weighted by Crippen LogP contribution is -2.01. The van der Waals surface area contributed by atoms with Crippen molar-refractivity contribution in [1.82, 2.24) is 0 Å². The van der Waals surface area contributed by atoms with Crippen molar-refractivity contribution >= 4 is 5.69 Å². The van der Waals surface area contributed by atoms with Crippen LogP contribution in [0, 0.1) is 16.0 Å². The monoisotopic (exact) mass is 204 g/mol. The molecule has 0 atom stereocenters. The first-order valence-corrected chi connectivity index (χ1v) is 5.19. The molecule has 0 aromatic heterocycles. The molecule has 0 unspecified atom stereocenters. The molecule has 0 heterocycles. The average molecular weight is 204 g/mol. The van der Waals surface area contributed by atoms with Crippen molar-refractivity contribution in [3.63, 3.8) is 0 Å². The van der Waals surface area contributed by atoms with Crippen molar-refractivity contribution in [3.05, 3.63) is 45.4 Å². The van der Waals surface area contributed by atoms with Crippen molar-refractivity contribution < 1.29 is 4.92 Å². The normalized spacial score (nSPS) is 15.7. The van der Waals surface area contributed by atoms with E-state index >= 15 is 0 Å². The molecule has 1 saturated carbocycles. The zero-order valence-corrected chi connectivity index (χ0v) is 8.99. The third-order valence-electron chi connectivity index (χ3n) is 2.80. The minimum absolute atomic E-state index is 0.264. The van der Waals surface area contributed by atoms with Gasteiger partial charge < -0.3 is 0 Å². The fourth-order valence-electron chi connectivity index (χ4n) is 1.95. The van der Waals surface area contributed by atoms with E-state index in [-0.39, 0.29) is 10.6 Å². The van der Waals surface area contributed by atoms with Crippen molar-refractivity contribution in [1.29, 1.82) is 0 Å². The molecule has 0 aliphatic heterocycles. The van der Waals surface area contributed by atoms with Crippen LogP contribution in [-0.2, 0) is 0 Å². The molecule has 79 valence electrons. The van der Waals surface area contributed by atoms with Crippen molar-refractivity contribution in [2.24, 2.45) is 0 Å². The van der Waals surface area contributed by atoms with Crippen LogP contribution in [-0.4, -0.2) is 4.92 Å². The average Bonchev–Trinajstić information content (AvgIpc) is 2.99. The van der Waals surface area contributed by atoms with Crippen LogP contribution in [0.3, 0.4) is 0 Å². The largest absolute Gasteiger partial charge is 0.273 e. The van der Waals surface area contributed by atoms with E-state index in [9.17, 15) is 10.1 Å². The summed E-state index contributed by atoms with van der Waals surface area (Å²) in [4.78, 5) is 10.7. The van der Waals surface area contributed by atoms with Crippen molar-refractivity contribution in [3.8, 4) is 0 Å². The first kappa shape index (κ1) is 10.1. The van der Waals surface area contributed by atoms with E-state index in [1.807, 2.05) is 19.9 Å². The van der Waals surface area contributed by atoms with Crippen LogP contribution in [0.5, 0.6) is 0 Å². The van der Waals surface area contributed by atoms with Gasteiger partial charge in [-0.2, -0.15) is 0 Å². The van der Waals surface area contributed by atoms with Crippen LogP contribution in [0.25, 0.3) is 0 Å².